The number of hydrogen-bond acceptors (Lipinski definition) is 5. The SMILES string of the molecule is COCCOCC(=O)N1C=Cn2c(nc(-c3ccc(F)cc3)c2Nc2ccc(C)cc2)C1. The molecule has 2 aromatic carbocycles. The Balaban J connectivity index is 1.62. The molecule has 1 aliphatic heterocycles. The maximum atomic E-state index is 13.5. The molecule has 7 nitrogen and oxygen atoms in total. The summed E-state index contributed by atoms with van der Waals surface area (Å²) >= 11 is 0. The predicted molar refractivity (Wildman–Crippen MR) is 121 cm³/mol. The molecule has 0 aliphatic carbocycles. The highest BCUT2D eigenvalue weighted by molar-refractivity contribution is 5.81. The standard InChI is InChI=1S/C24H25FN4O3/c1-17-3-9-20(10-4-17)26-24-23(18-5-7-19(25)8-6-18)27-21-15-28(11-12-29(21)24)22(30)16-32-14-13-31-2/h3-12,26H,13-16H2,1-2H3. The fraction of sp³-hybridized carbons (Fsp3) is 0.250. The summed E-state index contributed by atoms with van der Waals surface area (Å²) in [6.07, 6.45) is 3.51. The highest BCUT2D eigenvalue weighted by Crippen LogP contribution is 2.33. The van der Waals surface area contributed by atoms with Crippen LogP contribution in [0.25, 0.3) is 17.5 Å². The van der Waals surface area contributed by atoms with E-state index in [1.807, 2.05) is 35.8 Å². The van der Waals surface area contributed by atoms with Gasteiger partial charge in [-0.25, -0.2) is 9.37 Å². The van der Waals surface area contributed by atoms with Crippen molar-refractivity contribution < 1.29 is 18.7 Å². The molecule has 0 atom stereocenters. The van der Waals surface area contributed by atoms with E-state index in [-0.39, 0.29) is 18.3 Å². The van der Waals surface area contributed by atoms with Crippen molar-refractivity contribution in [3.05, 3.63) is 71.9 Å². The van der Waals surface area contributed by atoms with Crippen molar-refractivity contribution in [2.75, 3.05) is 32.2 Å². The lowest BCUT2D eigenvalue weighted by molar-refractivity contribution is -0.134. The number of halogens is 1. The number of carbonyl (C=O) groups excluding carboxylic acids is 1. The molecule has 166 valence electrons. The molecule has 0 fully saturated rings. The Labute approximate surface area is 186 Å². The quantitative estimate of drug-likeness (QED) is 0.537. The van der Waals surface area contributed by atoms with E-state index in [9.17, 15) is 9.18 Å². The van der Waals surface area contributed by atoms with Gasteiger partial charge in [0.25, 0.3) is 5.91 Å². The summed E-state index contributed by atoms with van der Waals surface area (Å²) in [7, 11) is 1.58. The Kier molecular flexibility index (Phi) is 6.63. The monoisotopic (exact) mass is 436 g/mol. The van der Waals surface area contributed by atoms with E-state index >= 15 is 0 Å². The summed E-state index contributed by atoms with van der Waals surface area (Å²) in [4.78, 5) is 18.9. The number of methoxy groups -OCH3 is 1. The molecule has 0 saturated carbocycles. The van der Waals surface area contributed by atoms with Gasteiger partial charge in [-0.3, -0.25) is 9.36 Å². The van der Waals surface area contributed by atoms with Gasteiger partial charge >= 0.3 is 0 Å². The second-order valence-electron chi connectivity index (χ2n) is 7.46. The average Bonchev–Trinajstić information content (AvgIpc) is 3.16. The molecule has 0 spiro atoms. The van der Waals surface area contributed by atoms with Crippen LogP contribution < -0.4 is 5.32 Å². The first-order chi connectivity index (χ1) is 15.5. The number of imidazole rings is 1. The Morgan fingerprint density at radius 3 is 2.56 bits per heavy atom. The van der Waals surface area contributed by atoms with Crippen molar-refractivity contribution in [3.63, 3.8) is 0 Å². The van der Waals surface area contributed by atoms with Gasteiger partial charge in [0, 0.05) is 30.8 Å². The van der Waals surface area contributed by atoms with Crippen LogP contribution in [0.4, 0.5) is 15.9 Å². The van der Waals surface area contributed by atoms with Gasteiger partial charge in [-0.2, -0.15) is 0 Å². The van der Waals surface area contributed by atoms with E-state index in [1.54, 1.807) is 36.5 Å². The number of amides is 1. The first kappa shape index (κ1) is 21.7. The molecule has 1 aliphatic rings. The molecule has 1 N–H and O–H groups in total. The molecule has 0 unspecified atom stereocenters. The van der Waals surface area contributed by atoms with Crippen LogP contribution in [0.5, 0.6) is 0 Å². The third kappa shape index (κ3) is 4.87. The van der Waals surface area contributed by atoms with Gasteiger partial charge in [-0.05, 0) is 43.3 Å². The molecular formula is C24H25FN4O3. The average molecular weight is 436 g/mol. The van der Waals surface area contributed by atoms with Gasteiger partial charge in [0.1, 0.15) is 29.8 Å². The molecule has 32 heavy (non-hydrogen) atoms. The van der Waals surface area contributed by atoms with Gasteiger partial charge < -0.3 is 19.7 Å². The van der Waals surface area contributed by atoms with Crippen LogP contribution in [-0.2, 0) is 20.8 Å². The topological polar surface area (TPSA) is 68.6 Å². The lowest BCUT2D eigenvalue weighted by Gasteiger charge is -2.23. The highest BCUT2D eigenvalue weighted by atomic mass is 19.1. The van der Waals surface area contributed by atoms with Crippen LogP contribution in [0.3, 0.4) is 0 Å². The van der Waals surface area contributed by atoms with Crippen molar-refractivity contribution in [2.45, 2.75) is 13.5 Å². The highest BCUT2D eigenvalue weighted by Gasteiger charge is 2.24. The molecule has 8 heteroatoms. The molecule has 3 aromatic rings. The van der Waals surface area contributed by atoms with Gasteiger partial charge in [0.15, 0.2) is 0 Å². The van der Waals surface area contributed by atoms with E-state index < -0.39 is 0 Å². The van der Waals surface area contributed by atoms with Crippen LogP contribution in [0.1, 0.15) is 11.4 Å². The van der Waals surface area contributed by atoms with Gasteiger partial charge in [0.05, 0.1) is 19.8 Å². The van der Waals surface area contributed by atoms with Crippen molar-refractivity contribution in [1.29, 1.82) is 0 Å². The molecule has 4 rings (SSSR count). The second-order valence-corrected chi connectivity index (χ2v) is 7.46. The lowest BCUT2D eigenvalue weighted by atomic mass is 10.1. The fourth-order valence-corrected chi connectivity index (χ4v) is 3.36. The van der Waals surface area contributed by atoms with Gasteiger partial charge in [-0.15, -0.1) is 0 Å². The number of fused-ring (bicyclic) bond motifs is 1. The molecule has 0 saturated heterocycles. The molecule has 1 amide bonds. The van der Waals surface area contributed by atoms with Crippen LogP contribution in [0, 0.1) is 12.7 Å². The maximum absolute atomic E-state index is 13.5. The molecule has 0 radical (unpaired) electrons. The smallest absolute Gasteiger partial charge is 0.252 e. The maximum Gasteiger partial charge on any atom is 0.252 e. The minimum absolute atomic E-state index is 0.0340. The number of benzene rings is 2. The summed E-state index contributed by atoms with van der Waals surface area (Å²) in [6, 6.07) is 14.2. The van der Waals surface area contributed by atoms with E-state index in [1.165, 1.54) is 12.1 Å². The van der Waals surface area contributed by atoms with Crippen molar-refractivity contribution in [1.82, 2.24) is 14.5 Å². The largest absolute Gasteiger partial charge is 0.382 e. The number of aromatic nitrogens is 2. The summed E-state index contributed by atoms with van der Waals surface area (Å²) < 4.78 is 25.7. The lowest BCUT2D eigenvalue weighted by Crippen LogP contribution is -2.32. The number of nitrogens with one attached hydrogen (secondary N) is 1. The number of carbonyl (C=O) groups is 1. The third-order valence-electron chi connectivity index (χ3n) is 5.10. The van der Waals surface area contributed by atoms with E-state index in [4.69, 9.17) is 14.5 Å². The Bertz CT molecular complexity index is 1110. The summed E-state index contributed by atoms with van der Waals surface area (Å²) in [5, 5.41) is 3.43. The van der Waals surface area contributed by atoms with Crippen molar-refractivity contribution in [3.8, 4) is 11.3 Å². The van der Waals surface area contributed by atoms with E-state index in [2.05, 4.69) is 5.32 Å². The number of anilines is 2. The number of nitrogens with zero attached hydrogens (tertiary/aromatic N) is 3. The van der Waals surface area contributed by atoms with Crippen LogP contribution in [-0.4, -0.2) is 47.3 Å². The summed E-state index contributed by atoms with van der Waals surface area (Å²) in [6.45, 7) is 3.08. The second kappa shape index (κ2) is 9.76. The molecular weight excluding hydrogens is 411 g/mol. The number of aryl methyl sites for hydroxylation is 1. The number of rotatable bonds is 8. The zero-order valence-corrected chi connectivity index (χ0v) is 18.0. The number of hydrogen-bond donors (Lipinski definition) is 1. The normalized spacial score (nSPS) is 12.7. The first-order valence-electron chi connectivity index (χ1n) is 10.3. The predicted octanol–water partition coefficient (Wildman–Crippen LogP) is 4.17. The van der Waals surface area contributed by atoms with Crippen molar-refractivity contribution in [2.24, 2.45) is 0 Å². The van der Waals surface area contributed by atoms with Gasteiger partial charge in [0.2, 0.25) is 0 Å². The van der Waals surface area contributed by atoms with Gasteiger partial charge in [-0.1, -0.05) is 17.7 Å². The molecule has 2 heterocycles. The first-order valence-corrected chi connectivity index (χ1v) is 10.3. The Morgan fingerprint density at radius 1 is 1.09 bits per heavy atom. The zero-order valence-electron chi connectivity index (χ0n) is 18.0. The van der Waals surface area contributed by atoms with Crippen molar-refractivity contribution >= 4 is 23.6 Å². The van der Waals surface area contributed by atoms with Crippen LogP contribution in [0.2, 0.25) is 0 Å². The minimum Gasteiger partial charge on any atom is -0.382 e. The molecule has 1 aromatic heterocycles. The van der Waals surface area contributed by atoms with E-state index in [0.717, 1.165) is 22.6 Å². The number of ether oxygens (including phenoxy) is 2. The van der Waals surface area contributed by atoms with E-state index in [0.29, 0.717) is 31.3 Å². The van der Waals surface area contributed by atoms with Crippen LogP contribution in [0.15, 0.2) is 54.7 Å². The minimum atomic E-state index is -0.309. The fourth-order valence-electron chi connectivity index (χ4n) is 3.36. The Hall–Kier alpha value is -3.49. The molecule has 0 bridgehead atoms. The zero-order chi connectivity index (χ0) is 22.5. The summed E-state index contributed by atoms with van der Waals surface area (Å²) in [5.74, 6) is 0.959. The third-order valence-corrected chi connectivity index (χ3v) is 5.10. The Morgan fingerprint density at radius 2 is 1.84 bits per heavy atom. The summed E-state index contributed by atoms with van der Waals surface area (Å²) in [5.41, 5.74) is 3.51. The van der Waals surface area contributed by atoms with Crippen LogP contribution >= 0.6 is 0 Å².